The molecule has 0 fully saturated rings. The predicted octanol–water partition coefficient (Wildman–Crippen LogP) is 2.87. The molecule has 0 radical (unpaired) electrons. The van der Waals surface area contributed by atoms with Gasteiger partial charge in [0.15, 0.2) is 0 Å². The van der Waals surface area contributed by atoms with Gasteiger partial charge in [-0.05, 0) is 32.9 Å². The summed E-state index contributed by atoms with van der Waals surface area (Å²) in [4.78, 5) is 4.16. The molecule has 0 aliphatic carbocycles. The van der Waals surface area contributed by atoms with E-state index in [1.165, 1.54) is 0 Å². The Morgan fingerprint density at radius 2 is 2.17 bits per heavy atom. The molecule has 0 aromatic carbocycles. The van der Waals surface area contributed by atoms with E-state index in [-0.39, 0.29) is 4.75 Å². The maximum Gasteiger partial charge on any atom is 0.144 e. The van der Waals surface area contributed by atoms with Gasteiger partial charge in [0, 0.05) is 18.0 Å². The molecule has 0 saturated heterocycles. The van der Waals surface area contributed by atoms with Crippen LogP contribution in [0.1, 0.15) is 26.3 Å². The third-order valence-electron chi connectivity index (χ3n) is 2.30. The van der Waals surface area contributed by atoms with Crippen molar-refractivity contribution in [3.05, 3.63) is 35.2 Å². The number of hydrogen-bond donors (Lipinski definition) is 0. The van der Waals surface area contributed by atoms with E-state index >= 15 is 0 Å². The Bertz CT molecular complexity index is 589. The zero-order valence-electron chi connectivity index (χ0n) is 10.4. The number of pyridine rings is 1. The van der Waals surface area contributed by atoms with Crippen molar-refractivity contribution in [1.82, 2.24) is 9.38 Å². The highest BCUT2D eigenvalue weighted by Crippen LogP contribution is 2.18. The van der Waals surface area contributed by atoms with Crippen LogP contribution in [0.3, 0.4) is 0 Å². The molecule has 0 amide bonds. The number of rotatable bonds is 2. The Labute approximate surface area is 114 Å². The molecule has 2 rings (SSSR count). The van der Waals surface area contributed by atoms with E-state index in [2.05, 4.69) is 9.38 Å². The number of aromatic nitrogens is 2. The second kappa shape index (κ2) is 4.91. The maximum atomic E-state index is 11.8. The van der Waals surface area contributed by atoms with Crippen LogP contribution in [0.25, 0.3) is 5.65 Å². The lowest BCUT2D eigenvalue weighted by atomic mass is 10.3. The van der Waals surface area contributed by atoms with Gasteiger partial charge in [-0.2, -0.15) is 0 Å². The molecule has 18 heavy (non-hydrogen) atoms. The number of hydrogen-bond acceptors (Lipinski definition) is 3. The number of imidazole rings is 1. The summed E-state index contributed by atoms with van der Waals surface area (Å²) in [5, 5.41) is 0.549. The van der Waals surface area contributed by atoms with Crippen molar-refractivity contribution in [1.29, 1.82) is 0 Å². The minimum atomic E-state index is -1.27. The van der Waals surface area contributed by atoms with Crippen LogP contribution < -0.4 is 0 Å². The molecule has 0 N–H and O–H groups in total. The van der Waals surface area contributed by atoms with Crippen molar-refractivity contribution in [2.45, 2.75) is 25.5 Å². The molecule has 2 aromatic heterocycles. The fourth-order valence-corrected chi connectivity index (χ4v) is 2.14. The van der Waals surface area contributed by atoms with Gasteiger partial charge in [-0.25, -0.2) is 4.98 Å². The van der Waals surface area contributed by atoms with Gasteiger partial charge in [-0.1, -0.05) is 16.0 Å². The summed E-state index contributed by atoms with van der Waals surface area (Å²) in [5.41, 5.74) is 1.53. The van der Waals surface area contributed by atoms with Gasteiger partial charge in [0.1, 0.15) is 26.9 Å². The molecule has 96 valence electrons. The summed E-state index contributed by atoms with van der Waals surface area (Å²) in [6.45, 7) is 5.64. The van der Waals surface area contributed by atoms with E-state index in [0.29, 0.717) is 5.15 Å². The molecule has 4 nitrogen and oxygen atoms in total. The van der Waals surface area contributed by atoms with Crippen molar-refractivity contribution >= 4 is 34.8 Å². The molecule has 0 bridgehead atoms. The molecular weight excluding hydrogens is 270 g/mol. The first-order valence-electron chi connectivity index (χ1n) is 5.46. The third kappa shape index (κ3) is 2.85. The van der Waals surface area contributed by atoms with Gasteiger partial charge in [0.25, 0.3) is 0 Å². The molecule has 0 unspecified atom stereocenters. The highest BCUT2D eigenvalue weighted by atomic mass is 35.5. The smallest absolute Gasteiger partial charge is 0.144 e. The van der Waals surface area contributed by atoms with Crippen LogP contribution in [0.5, 0.6) is 0 Å². The largest absolute Gasteiger partial charge is 0.591 e. The quantitative estimate of drug-likeness (QED) is 0.483. The first-order chi connectivity index (χ1) is 8.38. The Hall–Kier alpha value is -1.04. The molecule has 2 aromatic rings. The standard InChI is InChI=1S/C12H14ClN3OS/c1-12(2,3)18(17)15-8-9-6-10(13)16-5-4-14-11(16)7-9/h4-8H,1-3H3/b15-8+/t18-/m1/s1. The van der Waals surface area contributed by atoms with Crippen LogP contribution in [0, 0.1) is 0 Å². The SMILES string of the molecule is CC(C)(C)[S@@+]([O-])/N=C/c1cc(Cl)n2ccnc2c1. The Morgan fingerprint density at radius 1 is 1.44 bits per heavy atom. The van der Waals surface area contributed by atoms with Crippen molar-refractivity contribution in [3.63, 3.8) is 0 Å². The van der Waals surface area contributed by atoms with E-state index in [0.717, 1.165) is 11.2 Å². The first-order valence-corrected chi connectivity index (χ1v) is 6.95. The van der Waals surface area contributed by atoms with Gasteiger partial charge >= 0.3 is 0 Å². The lowest BCUT2D eigenvalue weighted by Gasteiger charge is -2.17. The molecule has 6 heteroatoms. The first kappa shape index (κ1) is 13.4. The molecule has 1 atom stereocenters. The topological polar surface area (TPSA) is 52.7 Å². The Kier molecular flexibility index (Phi) is 3.66. The predicted molar refractivity (Wildman–Crippen MR) is 75.7 cm³/mol. The van der Waals surface area contributed by atoms with E-state index in [4.69, 9.17) is 11.6 Å². The van der Waals surface area contributed by atoms with Crippen molar-refractivity contribution in [2.75, 3.05) is 0 Å². The second-order valence-corrected chi connectivity index (χ2v) is 7.18. The normalized spacial score (nSPS) is 14.5. The molecule has 0 saturated carbocycles. The lowest BCUT2D eigenvalue weighted by Crippen LogP contribution is -2.25. The van der Waals surface area contributed by atoms with Crippen molar-refractivity contribution < 1.29 is 4.55 Å². The van der Waals surface area contributed by atoms with Gasteiger partial charge in [-0.3, -0.25) is 4.40 Å². The minimum absolute atomic E-state index is 0.363. The zero-order valence-corrected chi connectivity index (χ0v) is 12.0. The molecule has 0 aliphatic rings. The number of halogens is 1. The molecular formula is C12H14ClN3OS. The average Bonchev–Trinajstić information content (AvgIpc) is 2.73. The number of nitrogens with zero attached hydrogens (tertiary/aromatic N) is 3. The summed E-state index contributed by atoms with van der Waals surface area (Å²) < 4.78 is 17.2. The fourth-order valence-electron chi connectivity index (χ4n) is 1.34. The Balaban J connectivity index is 2.29. The maximum absolute atomic E-state index is 11.8. The van der Waals surface area contributed by atoms with Crippen molar-refractivity contribution in [2.24, 2.45) is 4.40 Å². The van der Waals surface area contributed by atoms with E-state index in [9.17, 15) is 4.55 Å². The van der Waals surface area contributed by atoms with Gasteiger partial charge < -0.3 is 4.55 Å². The molecule has 0 spiro atoms. The van der Waals surface area contributed by atoms with Crippen LogP contribution in [-0.2, 0) is 11.4 Å². The van der Waals surface area contributed by atoms with Crippen LogP contribution in [-0.4, -0.2) is 24.9 Å². The van der Waals surface area contributed by atoms with Crippen LogP contribution >= 0.6 is 11.6 Å². The summed E-state index contributed by atoms with van der Waals surface area (Å²) in [6, 6.07) is 3.61. The monoisotopic (exact) mass is 283 g/mol. The second-order valence-electron chi connectivity index (χ2n) is 4.86. The highest BCUT2D eigenvalue weighted by molar-refractivity contribution is 7.91. The number of fused-ring (bicyclic) bond motifs is 1. The van der Waals surface area contributed by atoms with Crippen LogP contribution in [0.4, 0.5) is 0 Å². The molecule has 0 aliphatic heterocycles. The lowest BCUT2D eigenvalue weighted by molar-refractivity contribution is 0.562. The van der Waals surface area contributed by atoms with E-state index in [1.807, 2.05) is 26.8 Å². The van der Waals surface area contributed by atoms with Gasteiger partial charge in [-0.15, -0.1) is 0 Å². The van der Waals surface area contributed by atoms with E-state index < -0.39 is 11.4 Å². The summed E-state index contributed by atoms with van der Waals surface area (Å²) in [5.74, 6) is 0. The Morgan fingerprint density at radius 3 is 2.83 bits per heavy atom. The molecule has 2 heterocycles. The summed E-state index contributed by atoms with van der Waals surface area (Å²) in [6.07, 6.45) is 5.03. The third-order valence-corrected chi connectivity index (χ3v) is 3.94. The van der Waals surface area contributed by atoms with Crippen LogP contribution in [0.15, 0.2) is 28.9 Å². The van der Waals surface area contributed by atoms with E-state index in [1.54, 1.807) is 29.1 Å². The average molecular weight is 284 g/mol. The zero-order chi connectivity index (χ0) is 13.3. The minimum Gasteiger partial charge on any atom is -0.591 e. The van der Waals surface area contributed by atoms with Crippen LogP contribution in [0.2, 0.25) is 5.15 Å². The fraction of sp³-hybridized carbons (Fsp3) is 0.333. The summed E-state index contributed by atoms with van der Waals surface area (Å²) >= 11 is 4.82. The summed E-state index contributed by atoms with van der Waals surface area (Å²) in [7, 11) is 0. The van der Waals surface area contributed by atoms with Gasteiger partial charge in [0.05, 0.1) is 6.21 Å². The van der Waals surface area contributed by atoms with Gasteiger partial charge in [0.2, 0.25) is 0 Å². The highest BCUT2D eigenvalue weighted by Gasteiger charge is 2.25. The van der Waals surface area contributed by atoms with Crippen molar-refractivity contribution in [3.8, 4) is 0 Å².